The molecule has 2 aromatic heterocycles. The molecule has 5 aromatic rings. The van der Waals surface area contributed by atoms with Crippen molar-refractivity contribution in [2.45, 2.75) is 39.2 Å². The number of imidazole rings is 1. The van der Waals surface area contributed by atoms with Gasteiger partial charge in [0.25, 0.3) is 0 Å². The number of nitrogens with zero attached hydrogens (tertiary/aromatic N) is 3. The molecule has 0 saturated heterocycles. The minimum atomic E-state index is -0.689. The van der Waals surface area contributed by atoms with Crippen LogP contribution in [0.15, 0.2) is 79.3 Å². The lowest BCUT2D eigenvalue weighted by Crippen LogP contribution is -2.17. The van der Waals surface area contributed by atoms with Crippen molar-refractivity contribution in [3.63, 3.8) is 0 Å². The number of carbonyl (C=O) groups is 2. The third-order valence-corrected chi connectivity index (χ3v) is 7.15. The first-order valence-electron chi connectivity index (χ1n) is 12.9. The molecule has 8 heteroatoms. The van der Waals surface area contributed by atoms with Crippen LogP contribution in [0.25, 0.3) is 22.2 Å². The van der Waals surface area contributed by atoms with E-state index in [0.29, 0.717) is 27.9 Å². The third-order valence-electron chi connectivity index (χ3n) is 7.15. The molecule has 0 aliphatic rings. The van der Waals surface area contributed by atoms with Crippen molar-refractivity contribution in [1.29, 1.82) is 0 Å². The van der Waals surface area contributed by atoms with Gasteiger partial charge >= 0.3 is 0 Å². The van der Waals surface area contributed by atoms with Crippen molar-refractivity contribution < 1.29 is 18.4 Å². The molecule has 0 saturated carbocycles. The topological polar surface area (TPSA) is 90.9 Å². The first-order valence-corrected chi connectivity index (χ1v) is 12.9. The van der Waals surface area contributed by atoms with E-state index >= 15 is 0 Å². The van der Waals surface area contributed by atoms with E-state index in [-0.39, 0.29) is 25.2 Å². The predicted octanol–water partition coefficient (Wildman–Crippen LogP) is 6.08. The number of carbonyl (C=O) groups excluding carboxylic acids is 2. The second-order valence-electron chi connectivity index (χ2n) is 10.1. The Morgan fingerprint density at radius 2 is 1.68 bits per heavy atom. The van der Waals surface area contributed by atoms with Gasteiger partial charge in [-0.3, -0.25) is 14.6 Å². The number of ketones is 1. The molecule has 40 heavy (non-hydrogen) atoms. The average Bonchev–Trinajstić information content (AvgIpc) is 3.28. The van der Waals surface area contributed by atoms with Gasteiger partial charge in [-0.05, 0) is 85.0 Å². The number of halogens is 2. The third kappa shape index (κ3) is 5.81. The Hall–Kier alpha value is -4.72. The van der Waals surface area contributed by atoms with Crippen LogP contribution in [-0.4, -0.2) is 26.2 Å². The Morgan fingerprint density at radius 1 is 0.925 bits per heavy atom. The Balaban J connectivity index is 1.51. The summed E-state index contributed by atoms with van der Waals surface area (Å²) in [6.07, 6.45) is 3.53. The molecule has 0 spiro atoms. The normalized spacial score (nSPS) is 12.0. The number of benzene rings is 3. The minimum absolute atomic E-state index is 0.0716. The molecule has 0 aliphatic heterocycles. The lowest BCUT2D eigenvalue weighted by Gasteiger charge is -2.20. The molecule has 2 N–H and O–H groups in total. The summed E-state index contributed by atoms with van der Waals surface area (Å²) in [5.74, 6) is -2.52. The van der Waals surface area contributed by atoms with Gasteiger partial charge in [0.15, 0.2) is 5.78 Å². The number of primary amides is 1. The van der Waals surface area contributed by atoms with Crippen molar-refractivity contribution in [2.24, 2.45) is 5.73 Å². The quantitative estimate of drug-likeness (QED) is 0.246. The number of aromatic nitrogens is 3. The smallest absolute Gasteiger partial charge is 0.248 e. The molecule has 202 valence electrons. The highest BCUT2D eigenvalue weighted by atomic mass is 19.1. The Bertz CT molecular complexity index is 1720. The van der Waals surface area contributed by atoms with Gasteiger partial charge in [0.2, 0.25) is 5.91 Å². The molecule has 1 amide bonds. The number of pyridine rings is 1. The van der Waals surface area contributed by atoms with Crippen molar-refractivity contribution in [3.05, 3.63) is 119 Å². The first kappa shape index (κ1) is 26.9. The molecule has 2 heterocycles. The van der Waals surface area contributed by atoms with E-state index in [2.05, 4.69) is 9.97 Å². The number of rotatable bonds is 9. The van der Waals surface area contributed by atoms with Crippen molar-refractivity contribution in [3.8, 4) is 11.1 Å². The monoisotopic (exact) mass is 538 g/mol. The summed E-state index contributed by atoms with van der Waals surface area (Å²) < 4.78 is 30.0. The van der Waals surface area contributed by atoms with Gasteiger partial charge in [0, 0.05) is 35.7 Å². The zero-order valence-corrected chi connectivity index (χ0v) is 22.2. The summed E-state index contributed by atoms with van der Waals surface area (Å²) in [5.41, 5.74) is 12.1. The number of nitrogens with two attached hydrogens (primary N) is 1. The molecular weight excluding hydrogens is 510 g/mol. The van der Waals surface area contributed by atoms with E-state index in [0.717, 1.165) is 28.2 Å². The van der Waals surface area contributed by atoms with E-state index < -0.39 is 23.5 Å². The number of fused-ring (bicyclic) bond motifs is 1. The molecule has 0 radical (unpaired) electrons. The van der Waals surface area contributed by atoms with Gasteiger partial charge in [-0.25, -0.2) is 13.8 Å². The summed E-state index contributed by atoms with van der Waals surface area (Å²) >= 11 is 0. The van der Waals surface area contributed by atoms with Gasteiger partial charge in [-0.2, -0.15) is 0 Å². The number of Topliss-reactive ketones (excluding diaryl/α,β-unsaturated/α-hetero) is 1. The SMILES string of the molecule is Cc1cc2ncn(CC(=O)C[C@@H](Cc3cc(F)cc(F)c3)c3ncccc3-c3cccc(C(N)=O)c3)c2cc1C. The summed E-state index contributed by atoms with van der Waals surface area (Å²) in [6.45, 7) is 4.12. The van der Waals surface area contributed by atoms with Gasteiger partial charge < -0.3 is 10.3 Å². The van der Waals surface area contributed by atoms with Gasteiger partial charge in [0.1, 0.15) is 11.6 Å². The van der Waals surface area contributed by atoms with Crippen molar-refractivity contribution >= 4 is 22.7 Å². The number of aryl methyl sites for hydroxylation is 2. The van der Waals surface area contributed by atoms with Crippen molar-refractivity contribution in [1.82, 2.24) is 14.5 Å². The fraction of sp³-hybridized carbons (Fsp3) is 0.188. The van der Waals surface area contributed by atoms with E-state index in [1.54, 1.807) is 36.8 Å². The lowest BCUT2D eigenvalue weighted by atomic mass is 9.86. The molecular formula is C32H28F2N4O2. The molecule has 3 aromatic carbocycles. The van der Waals surface area contributed by atoms with Crippen LogP contribution in [-0.2, 0) is 17.8 Å². The predicted molar refractivity (Wildman–Crippen MR) is 150 cm³/mol. The largest absolute Gasteiger partial charge is 0.366 e. The highest BCUT2D eigenvalue weighted by Crippen LogP contribution is 2.33. The maximum atomic E-state index is 14.1. The summed E-state index contributed by atoms with van der Waals surface area (Å²) in [6, 6.07) is 17.8. The van der Waals surface area contributed by atoms with Crippen LogP contribution in [0, 0.1) is 25.5 Å². The number of hydrogen-bond donors (Lipinski definition) is 1. The molecule has 0 bridgehead atoms. The zero-order chi connectivity index (χ0) is 28.4. The molecule has 5 rings (SSSR count). The highest BCUT2D eigenvalue weighted by Gasteiger charge is 2.23. The molecule has 0 fully saturated rings. The average molecular weight is 539 g/mol. The second kappa shape index (κ2) is 11.2. The summed E-state index contributed by atoms with van der Waals surface area (Å²) in [4.78, 5) is 34.4. The summed E-state index contributed by atoms with van der Waals surface area (Å²) in [7, 11) is 0. The number of amides is 1. The van der Waals surface area contributed by atoms with E-state index in [1.165, 1.54) is 12.1 Å². The van der Waals surface area contributed by atoms with Crippen LogP contribution in [0.1, 0.15) is 45.1 Å². The van der Waals surface area contributed by atoms with Gasteiger partial charge in [0.05, 0.1) is 29.6 Å². The van der Waals surface area contributed by atoms with Crippen LogP contribution in [0.4, 0.5) is 8.78 Å². The Kier molecular flexibility index (Phi) is 7.51. The fourth-order valence-corrected chi connectivity index (χ4v) is 5.07. The Morgan fingerprint density at radius 3 is 2.42 bits per heavy atom. The van der Waals surface area contributed by atoms with Crippen LogP contribution in [0.2, 0.25) is 0 Å². The maximum Gasteiger partial charge on any atom is 0.248 e. The van der Waals surface area contributed by atoms with E-state index in [4.69, 9.17) is 5.73 Å². The highest BCUT2D eigenvalue weighted by molar-refractivity contribution is 5.94. The van der Waals surface area contributed by atoms with Crippen LogP contribution >= 0.6 is 0 Å². The molecule has 1 atom stereocenters. The maximum absolute atomic E-state index is 14.1. The second-order valence-corrected chi connectivity index (χ2v) is 10.1. The fourth-order valence-electron chi connectivity index (χ4n) is 5.07. The zero-order valence-electron chi connectivity index (χ0n) is 22.2. The van der Waals surface area contributed by atoms with Crippen LogP contribution < -0.4 is 5.73 Å². The van der Waals surface area contributed by atoms with E-state index in [9.17, 15) is 18.4 Å². The molecule has 0 aliphatic carbocycles. The van der Waals surface area contributed by atoms with Gasteiger partial charge in [-0.15, -0.1) is 0 Å². The first-order chi connectivity index (χ1) is 19.2. The Labute approximate surface area is 230 Å². The standard InChI is InChI=1S/C32H28F2N4O2/c1-19-9-29-30(10-20(19)2)38(18-37-29)17-27(39)15-24(11-21-12-25(33)16-26(34)13-21)31-28(7-4-8-36-31)22-5-3-6-23(14-22)32(35)40/h3-10,12-14,16,18,24H,11,15,17H2,1-2H3,(H2,35,40)/t24-/m1/s1. The van der Waals surface area contributed by atoms with Crippen molar-refractivity contribution in [2.75, 3.05) is 0 Å². The summed E-state index contributed by atoms with van der Waals surface area (Å²) in [5, 5.41) is 0. The molecule has 6 nitrogen and oxygen atoms in total. The van der Waals surface area contributed by atoms with E-state index in [1.807, 2.05) is 42.7 Å². The van der Waals surface area contributed by atoms with Crippen LogP contribution in [0.3, 0.4) is 0 Å². The lowest BCUT2D eigenvalue weighted by molar-refractivity contribution is -0.120. The van der Waals surface area contributed by atoms with Crippen LogP contribution in [0.5, 0.6) is 0 Å². The minimum Gasteiger partial charge on any atom is -0.366 e. The van der Waals surface area contributed by atoms with Gasteiger partial charge in [-0.1, -0.05) is 18.2 Å². The molecule has 0 unspecified atom stereocenters. The number of hydrogen-bond acceptors (Lipinski definition) is 4.